The minimum absolute atomic E-state index is 0.417. The van der Waals surface area contributed by atoms with Gasteiger partial charge < -0.3 is 15.3 Å². The number of rotatable bonds is 10. The molecule has 9 rings (SSSR count). The van der Waals surface area contributed by atoms with Crippen molar-refractivity contribution in [3.05, 3.63) is 212 Å². The van der Waals surface area contributed by atoms with E-state index in [2.05, 4.69) is 168 Å². The van der Waals surface area contributed by atoms with Crippen LogP contribution in [0, 0.1) is 0 Å². The van der Waals surface area contributed by atoms with Gasteiger partial charge in [0, 0.05) is 50.4 Å². The van der Waals surface area contributed by atoms with E-state index in [1.807, 2.05) is 42.5 Å². The highest BCUT2D eigenvalue weighted by atomic mass is 15.0. The molecule has 274 valence electrons. The van der Waals surface area contributed by atoms with Crippen molar-refractivity contribution < 1.29 is 0 Å². The molecule has 0 atom stereocenters. The van der Waals surface area contributed by atoms with E-state index in [0.29, 0.717) is 24.6 Å². The Morgan fingerprint density at radius 1 is 0.614 bits per heavy atom. The summed E-state index contributed by atoms with van der Waals surface area (Å²) in [7, 11) is 0. The number of hydrogen-bond acceptors (Lipinski definition) is 1. The van der Waals surface area contributed by atoms with E-state index in [1.54, 1.807) is 0 Å². The molecule has 0 aliphatic heterocycles. The van der Waals surface area contributed by atoms with Crippen LogP contribution in [0.3, 0.4) is 0 Å². The third kappa shape index (κ3) is 6.99. The Bertz CT molecular complexity index is 3010. The van der Waals surface area contributed by atoms with E-state index >= 15 is 0 Å². The fourth-order valence-electron chi connectivity index (χ4n) is 7.71. The molecule has 0 amide bonds. The number of fused-ring (bicyclic) bond motifs is 7. The van der Waals surface area contributed by atoms with Gasteiger partial charge in [-0.3, -0.25) is 4.99 Å². The highest BCUT2D eigenvalue weighted by Gasteiger charge is 2.17. The van der Waals surface area contributed by atoms with Gasteiger partial charge in [-0.1, -0.05) is 170 Å². The first-order valence-corrected chi connectivity index (χ1v) is 19.3. The Hall–Kier alpha value is -7.50. The molecule has 2 aromatic heterocycles. The lowest BCUT2D eigenvalue weighted by atomic mass is 10.0. The van der Waals surface area contributed by atoms with Crippen molar-refractivity contribution in [2.24, 2.45) is 15.7 Å². The molecule has 0 aliphatic carbocycles. The van der Waals surface area contributed by atoms with Gasteiger partial charge in [0.2, 0.25) is 0 Å². The van der Waals surface area contributed by atoms with Gasteiger partial charge in [0.05, 0.1) is 16.6 Å². The smallest absolute Gasteiger partial charge is 0.157 e. The van der Waals surface area contributed by atoms with Gasteiger partial charge in [-0.15, -0.1) is 0 Å². The molecule has 9 aromatic rings. The van der Waals surface area contributed by atoms with Crippen molar-refractivity contribution in [2.45, 2.75) is 6.42 Å². The number of aliphatic imine (C=N–C) groups is 2. The summed E-state index contributed by atoms with van der Waals surface area (Å²) in [6.07, 6.45) is 8.97. The lowest BCUT2D eigenvalue weighted by Gasteiger charge is -2.10. The van der Waals surface area contributed by atoms with Crippen LogP contribution in [0.5, 0.6) is 0 Å². The molecule has 7 aromatic carbocycles. The number of amidine groups is 2. The summed E-state index contributed by atoms with van der Waals surface area (Å²) in [6.45, 7) is 4.61. The summed E-state index contributed by atoms with van der Waals surface area (Å²) >= 11 is 0. The second-order valence-corrected chi connectivity index (χ2v) is 14.0. The lowest BCUT2D eigenvalue weighted by molar-refractivity contribution is 1.00. The minimum Gasteiger partial charge on any atom is -0.383 e. The maximum atomic E-state index is 6.75. The molecule has 0 aliphatic rings. The molecule has 5 nitrogen and oxygen atoms in total. The van der Waals surface area contributed by atoms with Crippen LogP contribution < -0.4 is 5.73 Å². The normalized spacial score (nSPS) is 12.7. The summed E-state index contributed by atoms with van der Waals surface area (Å²) < 4.78 is 2.35. The zero-order chi connectivity index (χ0) is 38.6. The summed E-state index contributed by atoms with van der Waals surface area (Å²) in [4.78, 5) is 13.8. The van der Waals surface area contributed by atoms with Crippen LogP contribution >= 0.6 is 0 Å². The maximum absolute atomic E-state index is 6.75. The monoisotopic (exact) mass is 735 g/mol. The highest BCUT2D eigenvalue weighted by molar-refractivity contribution is 6.23. The van der Waals surface area contributed by atoms with Crippen LogP contribution in [-0.2, 0) is 0 Å². The topological polar surface area (TPSA) is 71.5 Å². The van der Waals surface area contributed by atoms with Crippen molar-refractivity contribution in [3.8, 4) is 22.3 Å². The van der Waals surface area contributed by atoms with Crippen LogP contribution in [0.25, 0.3) is 71.6 Å². The lowest BCUT2D eigenvalue weighted by Crippen LogP contribution is -2.16. The van der Waals surface area contributed by atoms with Gasteiger partial charge in [0.25, 0.3) is 0 Å². The van der Waals surface area contributed by atoms with Gasteiger partial charge in [-0.25, -0.2) is 4.99 Å². The van der Waals surface area contributed by atoms with Gasteiger partial charge >= 0.3 is 0 Å². The number of nitrogens with two attached hydrogens (primary N) is 1. The van der Waals surface area contributed by atoms with E-state index in [1.165, 1.54) is 21.5 Å². The number of hydrogen-bond donors (Lipinski definition) is 2. The zero-order valence-electron chi connectivity index (χ0n) is 31.5. The molecule has 5 heteroatoms. The molecule has 0 spiro atoms. The first kappa shape index (κ1) is 35.2. The number of aromatic amines is 1. The first-order chi connectivity index (χ1) is 28.2. The second-order valence-electron chi connectivity index (χ2n) is 14.0. The van der Waals surface area contributed by atoms with Crippen LogP contribution in [0.2, 0.25) is 0 Å². The van der Waals surface area contributed by atoms with Gasteiger partial charge in [0.15, 0.2) is 5.84 Å². The molecule has 0 saturated heterocycles. The molecule has 0 bridgehead atoms. The number of aromatic nitrogens is 2. The number of para-hydroxylation sites is 2. The summed E-state index contributed by atoms with van der Waals surface area (Å²) in [5, 5.41) is 4.82. The van der Waals surface area contributed by atoms with Gasteiger partial charge in [-0.05, 0) is 59.0 Å². The Balaban J connectivity index is 1.05. The van der Waals surface area contributed by atoms with E-state index in [4.69, 9.17) is 15.7 Å². The molecule has 57 heavy (non-hydrogen) atoms. The number of nitrogens with one attached hydrogen (secondary N) is 1. The van der Waals surface area contributed by atoms with Crippen molar-refractivity contribution in [3.63, 3.8) is 0 Å². The molecule has 0 fully saturated rings. The molecule has 0 saturated carbocycles. The summed E-state index contributed by atoms with van der Waals surface area (Å²) in [5.41, 5.74) is 18.5. The Morgan fingerprint density at radius 2 is 1.26 bits per heavy atom. The summed E-state index contributed by atoms with van der Waals surface area (Å²) in [5.74, 6) is 1.01. The molecular weight excluding hydrogens is 695 g/mol. The highest BCUT2D eigenvalue weighted by Crippen LogP contribution is 2.38. The van der Waals surface area contributed by atoms with Crippen molar-refractivity contribution in [2.75, 3.05) is 6.54 Å². The maximum Gasteiger partial charge on any atom is 0.157 e. The number of allylic oxidation sites excluding steroid dienone is 4. The molecular formula is C52H41N5. The third-order valence-corrected chi connectivity index (χ3v) is 10.4. The average molecular weight is 736 g/mol. The predicted octanol–water partition coefficient (Wildman–Crippen LogP) is 12.6. The fraction of sp³-hybridized carbons (Fsp3) is 0.0385. The Morgan fingerprint density at radius 3 is 2.04 bits per heavy atom. The molecule has 3 N–H and O–H groups in total. The Kier molecular flexibility index (Phi) is 9.70. The molecule has 0 radical (unpaired) electrons. The second kappa shape index (κ2) is 15.7. The van der Waals surface area contributed by atoms with Crippen LogP contribution in [0.4, 0.5) is 0 Å². The third-order valence-electron chi connectivity index (χ3n) is 10.4. The van der Waals surface area contributed by atoms with E-state index in [9.17, 15) is 0 Å². The van der Waals surface area contributed by atoms with Crippen molar-refractivity contribution in [1.82, 2.24) is 9.55 Å². The molecule has 0 unspecified atom stereocenters. The van der Waals surface area contributed by atoms with Crippen molar-refractivity contribution >= 4 is 61.0 Å². The van der Waals surface area contributed by atoms with Crippen LogP contribution in [0.1, 0.15) is 17.5 Å². The largest absolute Gasteiger partial charge is 0.383 e. The quantitative estimate of drug-likeness (QED) is 0.0624. The van der Waals surface area contributed by atoms with E-state index in [0.717, 1.165) is 61.1 Å². The van der Waals surface area contributed by atoms with E-state index in [-0.39, 0.29) is 0 Å². The van der Waals surface area contributed by atoms with Crippen molar-refractivity contribution in [1.29, 1.82) is 0 Å². The first-order valence-electron chi connectivity index (χ1n) is 19.3. The fourth-order valence-corrected chi connectivity index (χ4v) is 7.71. The average Bonchev–Trinajstić information content (AvgIpc) is 3.82. The number of nitrogens with zero attached hydrogens (tertiary/aromatic N) is 3. The number of benzene rings is 7. The predicted molar refractivity (Wildman–Crippen MR) is 243 cm³/mol. The summed E-state index contributed by atoms with van der Waals surface area (Å²) in [6, 6.07) is 58.8. The molecule has 2 heterocycles. The Labute approximate surface area is 332 Å². The zero-order valence-corrected chi connectivity index (χ0v) is 31.5. The SMILES string of the molecule is C=C/C=C(\C=C/CCN=C(N=C(N)c1cccc(-c2ccccc2)c1)c1ccc(-c2ccccc2)cc1)n1c2ccccc2c2ccc3c4ccccc4[nH]c3c21. The van der Waals surface area contributed by atoms with Crippen LogP contribution in [-0.4, -0.2) is 27.8 Å². The van der Waals surface area contributed by atoms with Gasteiger partial charge in [-0.2, -0.15) is 0 Å². The van der Waals surface area contributed by atoms with E-state index < -0.39 is 0 Å². The van der Waals surface area contributed by atoms with Gasteiger partial charge in [0.1, 0.15) is 5.84 Å². The number of H-pyrrole nitrogens is 1. The standard InChI is InChI=1S/C52H41N5/c1-2-16-42(57-48-27-12-10-25-44(48)46-33-32-45-43-24-9-11-26-47(43)55-49(45)50(46)57)23-13-14-34-54-52(39-30-28-38(29-31-39)36-17-5-3-6-18-36)56-51(53)41-22-15-21-40(35-41)37-19-7-4-8-20-37/h2-13,15-33,35,55H,1,14,34H2,(H2,53,54,56)/b23-13-,42-16+. The minimum atomic E-state index is 0.417. The van der Waals surface area contributed by atoms with Crippen LogP contribution in [0.15, 0.2) is 211 Å².